The molecule has 0 atom stereocenters. The molecule has 0 amide bonds. The Morgan fingerprint density at radius 2 is 2.00 bits per heavy atom. The Morgan fingerprint density at radius 1 is 1.32 bits per heavy atom. The van der Waals surface area contributed by atoms with Crippen LogP contribution in [0.15, 0.2) is 38.5 Å². The average molecular weight is 257 g/mol. The third-order valence-electron chi connectivity index (χ3n) is 3.08. The van der Waals surface area contributed by atoms with Gasteiger partial charge in [-0.3, -0.25) is 10.0 Å². The molecule has 1 heterocycles. The lowest BCUT2D eigenvalue weighted by molar-refractivity contribution is 0.500. The van der Waals surface area contributed by atoms with Crippen molar-refractivity contribution >= 4 is 17.8 Å². The zero-order chi connectivity index (χ0) is 13.7. The van der Waals surface area contributed by atoms with Crippen molar-refractivity contribution in [2.75, 3.05) is 13.1 Å². The summed E-state index contributed by atoms with van der Waals surface area (Å²) in [5.74, 6) is 0. The minimum Gasteiger partial charge on any atom is -0.272 e. The van der Waals surface area contributed by atoms with Gasteiger partial charge in [-0.05, 0) is 36.1 Å². The van der Waals surface area contributed by atoms with Crippen LogP contribution in [-0.4, -0.2) is 35.9 Å². The molecule has 2 aliphatic rings. The zero-order valence-electron chi connectivity index (χ0n) is 11.2. The van der Waals surface area contributed by atoms with E-state index in [0.29, 0.717) is 5.71 Å². The highest BCUT2D eigenvalue weighted by Crippen LogP contribution is 2.21. The van der Waals surface area contributed by atoms with Crippen LogP contribution in [0.25, 0.3) is 5.08 Å². The third kappa shape index (κ3) is 2.94. The van der Waals surface area contributed by atoms with Crippen molar-refractivity contribution in [3.05, 3.63) is 28.4 Å². The average Bonchev–Trinajstić information content (AvgIpc) is 2.93. The quantitative estimate of drug-likeness (QED) is 0.443. The molecule has 0 aromatic carbocycles. The van der Waals surface area contributed by atoms with Gasteiger partial charge < -0.3 is 0 Å². The number of aliphatic imine (C=N–C) groups is 1. The van der Waals surface area contributed by atoms with Crippen molar-refractivity contribution < 1.29 is 0 Å². The van der Waals surface area contributed by atoms with Gasteiger partial charge in [-0.2, -0.15) is 5.10 Å². The fourth-order valence-electron chi connectivity index (χ4n) is 2.09. The minimum absolute atomic E-state index is 0.658. The number of nitrogens with zero attached hydrogens (tertiary/aromatic N) is 6. The molecule has 1 aliphatic carbocycles. The Morgan fingerprint density at radius 3 is 2.47 bits per heavy atom. The van der Waals surface area contributed by atoms with E-state index in [4.69, 9.17) is 5.39 Å². The molecule has 0 aromatic heterocycles. The summed E-state index contributed by atoms with van der Waals surface area (Å²) in [6.07, 6.45) is 7.29. The molecule has 0 fully saturated rings. The first kappa shape index (κ1) is 13.1. The van der Waals surface area contributed by atoms with E-state index in [1.165, 1.54) is 0 Å². The fourth-order valence-corrected chi connectivity index (χ4v) is 2.09. The van der Waals surface area contributed by atoms with Gasteiger partial charge in [0, 0.05) is 0 Å². The molecule has 0 spiro atoms. The largest absolute Gasteiger partial charge is 0.339 e. The molecule has 0 saturated carbocycles. The second kappa shape index (κ2) is 6.05. The van der Waals surface area contributed by atoms with E-state index < -0.39 is 0 Å². The summed E-state index contributed by atoms with van der Waals surface area (Å²) in [5, 5.41) is 21.6. The van der Waals surface area contributed by atoms with Gasteiger partial charge in [-0.1, -0.05) is 13.8 Å². The number of hydrogen-bond donors (Lipinski definition) is 0. The van der Waals surface area contributed by atoms with Crippen LogP contribution in [0.2, 0.25) is 0 Å². The first-order valence-corrected chi connectivity index (χ1v) is 6.47. The molecular formula is C13H17N6+. The normalized spacial score (nSPS) is 18.1. The lowest BCUT2D eigenvalue weighted by atomic mass is 9.91. The number of allylic oxidation sites excluding steroid dienone is 4. The topological polar surface area (TPSA) is 68.5 Å². The van der Waals surface area contributed by atoms with Crippen molar-refractivity contribution in [3.8, 4) is 0 Å². The van der Waals surface area contributed by atoms with E-state index in [1.807, 2.05) is 17.2 Å². The Bertz CT molecular complexity index is 518. The van der Waals surface area contributed by atoms with Crippen molar-refractivity contribution in [3.63, 3.8) is 0 Å². The zero-order valence-corrected chi connectivity index (χ0v) is 11.2. The molecule has 0 bridgehead atoms. The Labute approximate surface area is 112 Å². The molecule has 0 unspecified atom stereocenters. The predicted molar refractivity (Wildman–Crippen MR) is 76.8 cm³/mol. The first-order valence-electron chi connectivity index (χ1n) is 6.47. The van der Waals surface area contributed by atoms with Crippen LogP contribution in [0.5, 0.6) is 0 Å². The summed E-state index contributed by atoms with van der Waals surface area (Å²) in [6, 6.07) is 0. The Hall–Kier alpha value is -2.29. The number of diazo groups is 1. The Kier molecular flexibility index (Phi) is 4.18. The van der Waals surface area contributed by atoms with Crippen molar-refractivity contribution in [1.82, 2.24) is 5.01 Å². The molecular weight excluding hydrogens is 240 g/mol. The van der Waals surface area contributed by atoms with Gasteiger partial charge in [0.2, 0.25) is 0 Å². The predicted octanol–water partition coefficient (Wildman–Crippen LogP) is 2.58. The maximum Gasteiger partial charge on any atom is 0.339 e. The summed E-state index contributed by atoms with van der Waals surface area (Å²) < 4.78 is 0. The second-order valence-electron chi connectivity index (χ2n) is 4.29. The third-order valence-corrected chi connectivity index (χ3v) is 3.08. The van der Waals surface area contributed by atoms with E-state index in [1.54, 1.807) is 6.34 Å². The van der Waals surface area contributed by atoms with E-state index in [2.05, 4.69) is 34.1 Å². The van der Waals surface area contributed by atoms with Gasteiger partial charge in [0.05, 0.1) is 18.8 Å². The number of hydrazone groups is 1. The standard InChI is InChI=1S/C13H17N6/c1-3-10-7-12(16-18-14)8-11(4-2)13(10)17-19-6-5-15-9-19/h7-9H,3-6H2,1-2H3/q+1. The SMILES string of the molecule is CCC1=CC(=N[N+]#N)C=C(CC)C1=NN1C=NCC1. The number of hydrogen-bond acceptors (Lipinski definition) is 5. The van der Waals surface area contributed by atoms with Crippen LogP contribution in [0.1, 0.15) is 26.7 Å². The molecule has 2 rings (SSSR count). The molecule has 6 nitrogen and oxygen atoms in total. The Balaban J connectivity index is 2.38. The van der Waals surface area contributed by atoms with Crippen LogP contribution in [0.3, 0.4) is 0 Å². The second-order valence-corrected chi connectivity index (χ2v) is 4.29. The van der Waals surface area contributed by atoms with Gasteiger partial charge in [0.15, 0.2) is 10.8 Å². The van der Waals surface area contributed by atoms with Crippen molar-refractivity contribution in [1.29, 1.82) is 5.39 Å². The summed E-state index contributed by atoms with van der Waals surface area (Å²) >= 11 is 0. The summed E-state index contributed by atoms with van der Waals surface area (Å²) in [7, 11) is 0. The molecule has 1 aliphatic heterocycles. The van der Waals surface area contributed by atoms with Gasteiger partial charge in [0.25, 0.3) is 5.39 Å². The van der Waals surface area contributed by atoms with E-state index in [0.717, 1.165) is 42.8 Å². The van der Waals surface area contributed by atoms with Gasteiger partial charge in [-0.25, -0.2) is 0 Å². The summed E-state index contributed by atoms with van der Waals surface area (Å²) in [4.78, 5) is 4.16. The molecule has 98 valence electrons. The smallest absolute Gasteiger partial charge is 0.272 e. The molecule has 0 saturated heterocycles. The maximum atomic E-state index is 8.56. The van der Waals surface area contributed by atoms with Crippen LogP contribution in [0, 0.1) is 5.39 Å². The van der Waals surface area contributed by atoms with Gasteiger partial charge in [-0.15, -0.1) is 0 Å². The monoisotopic (exact) mass is 257 g/mol. The van der Waals surface area contributed by atoms with Gasteiger partial charge >= 0.3 is 5.08 Å². The number of rotatable bonds is 3. The molecule has 0 aromatic rings. The molecule has 6 heteroatoms. The van der Waals surface area contributed by atoms with Crippen LogP contribution in [-0.2, 0) is 0 Å². The fraction of sp³-hybridized carbons (Fsp3) is 0.462. The molecule has 0 N–H and O–H groups in total. The van der Waals surface area contributed by atoms with Crippen LogP contribution < -0.4 is 0 Å². The molecule has 0 radical (unpaired) electrons. The van der Waals surface area contributed by atoms with Crippen LogP contribution >= 0.6 is 0 Å². The van der Waals surface area contributed by atoms with E-state index in [9.17, 15) is 0 Å². The van der Waals surface area contributed by atoms with E-state index >= 15 is 0 Å². The minimum atomic E-state index is 0.658. The lowest BCUT2D eigenvalue weighted by Crippen LogP contribution is -2.21. The first-order chi connectivity index (χ1) is 9.28. The molecule has 19 heavy (non-hydrogen) atoms. The highest BCUT2D eigenvalue weighted by atomic mass is 15.5. The highest BCUT2D eigenvalue weighted by molar-refractivity contribution is 6.24. The lowest BCUT2D eigenvalue weighted by Gasteiger charge is -2.18. The van der Waals surface area contributed by atoms with Gasteiger partial charge in [0.1, 0.15) is 6.34 Å². The summed E-state index contributed by atoms with van der Waals surface area (Å²) in [6.45, 7) is 5.77. The highest BCUT2D eigenvalue weighted by Gasteiger charge is 2.20. The van der Waals surface area contributed by atoms with Crippen LogP contribution in [0.4, 0.5) is 0 Å². The van der Waals surface area contributed by atoms with Crippen molar-refractivity contribution in [2.45, 2.75) is 26.7 Å². The van der Waals surface area contributed by atoms with E-state index in [-0.39, 0.29) is 0 Å². The van der Waals surface area contributed by atoms with Crippen molar-refractivity contribution in [2.24, 2.45) is 15.2 Å². The summed E-state index contributed by atoms with van der Waals surface area (Å²) in [5.41, 5.74) is 3.84. The maximum absolute atomic E-state index is 8.56.